The Morgan fingerprint density at radius 3 is 2.32 bits per heavy atom. The molecule has 7 nitrogen and oxygen atoms in total. The first kappa shape index (κ1) is 21.2. The van der Waals surface area contributed by atoms with Crippen LogP contribution in [0.4, 0.5) is 4.79 Å². The van der Waals surface area contributed by atoms with Gasteiger partial charge in [-0.1, -0.05) is 48.5 Å². The van der Waals surface area contributed by atoms with Crippen LogP contribution in [-0.2, 0) is 14.3 Å². The predicted octanol–water partition coefficient (Wildman–Crippen LogP) is 3.77. The number of carbonyl (C=O) groups excluding carboxylic acids is 2. The number of rotatable bonds is 5. The molecule has 2 aromatic rings. The molecular formula is C27H28N2O5. The van der Waals surface area contributed by atoms with Crippen LogP contribution in [0.15, 0.2) is 48.5 Å². The van der Waals surface area contributed by atoms with E-state index in [1.54, 1.807) is 4.90 Å². The van der Waals surface area contributed by atoms with Crippen LogP contribution in [0.2, 0.25) is 0 Å². The number of carboxylic acid groups (broad SMARTS) is 1. The Hall–Kier alpha value is -3.35. The summed E-state index contributed by atoms with van der Waals surface area (Å²) in [5, 5.41) is 12.6. The summed E-state index contributed by atoms with van der Waals surface area (Å²) in [6, 6.07) is 16.3. The van der Waals surface area contributed by atoms with E-state index < -0.39 is 17.6 Å². The number of nitrogens with zero attached hydrogens (tertiary/aromatic N) is 1. The summed E-state index contributed by atoms with van der Waals surface area (Å²) in [6.45, 7) is 0.772. The lowest BCUT2D eigenvalue weighted by molar-refractivity contribution is -0.158. The normalized spacial score (nSPS) is 28.7. The van der Waals surface area contributed by atoms with E-state index in [-0.39, 0.29) is 36.3 Å². The third kappa shape index (κ3) is 3.21. The number of aliphatic carboxylic acids is 1. The van der Waals surface area contributed by atoms with E-state index in [1.165, 1.54) is 11.1 Å². The minimum absolute atomic E-state index is 0.00617. The molecule has 1 heterocycles. The van der Waals surface area contributed by atoms with Crippen molar-refractivity contribution in [1.29, 1.82) is 0 Å². The molecule has 2 atom stereocenters. The third-order valence-electron chi connectivity index (χ3n) is 8.28. The van der Waals surface area contributed by atoms with Crippen molar-refractivity contribution in [3.05, 3.63) is 59.7 Å². The largest absolute Gasteiger partial charge is 0.479 e. The molecule has 2 aromatic carbocycles. The maximum atomic E-state index is 13.0. The second kappa shape index (κ2) is 7.86. The number of hydrogen-bond donors (Lipinski definition) is 2. The van der Waals surface area contributed by atoms with Crippen molar-refractivity contribution in [2.24, 2.45) is 11.8 Å². The number of piperidine rings is 1. The molecule has 3 fully saturated rings. The molecule has 176 valence electrons. The predicted molar refractivity (Wildman–Crippen MR) is 124 cm³/mol. The molecule has 1 aliphatic heterocycles. The summed E-state index contributed by atoms with van der Waals surface area (Å²) < 4.78 is 5.61. The van der Waals surface area contributed by atoms with Crippen LogP contribution in [0.3, 0.4) is 0 Å². The highest BCUT2D eigenvalue weighted by Gasteiger charge is 2.67. The highest BCUT2D eigenvalue weighted by Crippen LogP contribution is 2.55. The van der Waals surface area contributed by atoms with Crippen molar-refractivity contribution >= 4 is 18.0 Å². The first-order valence-corrected chi connectivity index (χ1v) is 12.2. The van der Waals surface area contributed by atoms with Gasteiger partial charge in [-0.25, -0.2) is 9.59 Å². The van der Waals surface area contributed by atoms with Crippen LogP contribution in [0.25, 0.3) is 11.1 Å². The lowest BCUT2D eigenvalue weighted by atomic mass is 9.78. The van der Waals surface area contributed by atoms with Crippen LogP contribution in [0.1, 0.15) is 49.1 Å². The molecule has 0 radical (unpaired) electrons. The van der Waals surface area contributed by atoms with Gasteiger partial charge in [-0.3, -0.25) is 4.79 Å². The maximum Gasteiger partial charge on any atom is 0.407 e. The maximum absolute atomic E-state index is 13.0. The number of fused-ring (bicyclic) bond motifs is 4. The molecule has 4 aliphatic rings. The molecule has 3 aliphatic carbocycles. The van der Waals surface area contributed by atoms with Gasteiger partial charge in [0.25, 0.3) is 0 Å². The van der Waals surface area contributed by atoms with Crippen LogP contribution >= 0.6 is 0 Å². The molecule has 7 heteroatoms. The van der Waals surface area contributed by atoms with Crippen molar-refractivity contribution in [3.8, 4) is 11.1 Å². The lowest BCUT2D eigenvalue weighted by Gasteiger charge is -2.41. The van der Waals surface area contributed by atoms with Gasteiger partial charge in [0, 0.05) is 24.4 Å². The van der Waals surface area contributed by atoms with Gasteiger partial charge in [0.15, 0.2) is 0 Å². The van der Waals surface area contributed by atoms with Crippen LogP contribution in [-0.4, -0.2) is 52.7 Å². The highest BCUT2D eigenvalue weighted by atomic mass is 16.5. The topological polar surface area (TPSA) is 95.9 Å². The number of carboxylic acids is 1. The van der Waals surface area contributed by atoms with E-state index in [1.807, 2.05) is 24.3 Å². The SMILES string of the molecule is O=C(NC1CC(C(=O)N2CCC[C@@H]3C[C@@]32C(=O)O)C1)OCC1c2ccccc2-c2ccccc21. The molecule has 0 spiro atoms. The van der Waals surface area contributed by atoms with Gasteiger partial charge >= 0.3 is 12.1 Å². The fraction of sp³-hybridized carbons (Fsp3) is 0.444. The molecule has 0 aromatic heterocycles. The van der Waals surface area contributed by atoms with E-state index >= 15 is 0 Å². The van der Waals surface area contributed by atoms with E-state index in [0.717, 1.165) is 24.0 Å². The van der Waals surface area contributed by atoms with E-state index in [2.05, 4.69) is 29.6 Å². The standard InChI is InChI=1S/C27H28N2O5/c30-24(29-11-5-6-17-14-27(17,29)25(31)32)16-12-18(13-16)28-26(33)34-15-23-21-9-3-1-7-19(21)20-8-2-4-10-22(20)23/h1-4,7-10,16-18,23H,5-6,11-15H2,(H,28,33)(H,31,32)/t16?,17-,18?,27+/m1/s1. The zero-order chi connectivity index (χ0) is 23.4. The van der Waals surface area contributed by atoms with Crippen LogP contribution in [0.5, 0.6) is 0 Å². The summed E-state index contributed by atoms with van der Waals surface area (Å²) >= 11 is 0. The second-order valence-corrected chi connectivity index (χ2v) is 10.1. The Morgan fingerprint density at radius 2 is 1.68 bits per heavy atom. The molecule has 0 unspecified atom stereocenters. The summed E-state index contributed by atoms with van der Waals surface area (Å²) in [4.78, 5) is 39.0. The number of ether oxygens (including phenoxy) is 1. The first-order chi connectivity index (χ1) is 16.5. The zero-order valence-corrected chi connectivity index (χ0v) is 18.9. The Kier molecular flexibility index (Phi) is 4.90. The van der Waals surface area contributed by atoms with Gasteiger partial charge in [0.05, 0.1) is 0 Å². The van der Waals surface area contributed by atoms with Gasteiger partial charge < -0.3 is 20.1 Å². The van der Waals surface area contributed by atoms with E-state index in [4.69, 9.17) is 4.74 Å². The van der Waals surface area contributed by atoms with Gasteiger partial charge in [-0.15, -0.1) is 0 Å². The highest BCUT2D eigenvalue weighted by molar-refractivity contribution is 5.92. The number of amides is 2. The van der Waals surface area contributed by atoms with Crippen molar-refractivity contribution < 1.29 is 24.2 Å². The fourth-order valence-corrected chi connectivity index (χ4v) is 6.33. The molecule has 6 rings (SSSR count). The molecule has 2 N–H and O–H groups in total. The molecule has 2 saturated carbocycles. The van der Waals surface area contributed by atoms with E-state index in [9.17, 15) is 19.5 Å². The molecule has 34 heavy (non-hydrogen) atoms. The number of alkyl carbamates (subject to hydrolysis) is 1. The Labute approximate surface area is 198 Å². The number of likely N-dealkylation sites (tertiary alicyclic amines) is 1. The van der Waals surface area contributed by atoms with Crippen molar-refractivity contribution in [2.75, 3.05) is 13.2 Å². The van der Waals surface area contributed by atoms with Crippen molar-refractivity contribution in [3.63, 3.8) is 0 Å². The molecule has 2 amide bonds. The Morgan fingerprint density at radius 1 is 1.03 bits per heavy atom. The monoisotopic (exact) mass is 460 g/mol. The van der Waals surface area contributed by atoms with Gasteiger partial charge in [0.1, 0.15) is 12.1 Å². The van der Waals surface area contributed by atoms with Gasteiger partial charge in [0.2, 0.25) is 5.91 Å². The minimum Gasteiger partial charge on any atom is -0.479 e. The smallest absolute Gasteiger partial charge is 0.407 e. The minimum atomic E-state index is -0.972. The van der Waals surface area contributed by atoms with Gasteiger partial charge in [-0.05, 0) is 60.3 Å². The van der Waals surface area contributed by atoms with Crippen LogP contribution < -0.4 is 5.32 Å². The number of carbonyl (C=O) groups is 3. The summed E-state index contributed by atoms with van der Waals surface area (Å²) in [7, 11) is 0. The first-order valence-electron chi connectivity index (χ1n) is 12.2. The van der Waals surface area contributed by atoms with Gasteiger partial charge in [-0.2, -0.15) is 0 Å². The Bertz CT molecular complexity index is 1130. The fourth-order valence-electron chi connectivity index (χ4n) is 6.33. The Balaban J connectivity index is 1.03. The summed E-state index contributed by atoms with van der Waals surface area (Å²) in [6.07, 6.45) is 2.90. The zero-order valence-electron chi connectivity index (χ0n) is 18.9. The third-order valence-corrected chi connectivity index (χ3v) is 8.28. The number of nitrogens with one attached hydrogen (secondary N) is 1. The molecular weight excluding hydrogens is 432 g/mol. The lowest BCUT2D eigenvalue weighted by Crippen LogP contribution is -2.57. The van der Waals surface area contributed by atoms with E-state index in [0.29, 0.717) is 25.8 Å². The summed E-state index contributed by atoms with van der Waals surface area (Å²) in [5.41, 5.74) is 3.72. The average Bonchev–Trinajstić information content (AvgIpc) is 3.50. The van der Waals surface area contributed by atoms with Crippen LogP contribution in [0, 0.1) is 11.8 Å². The van der Waals surface area contributed by atoms with Crippen molar-refractivity contribution in [2.45, 2.75) is 49.6 Å². The number of benzene rings is 2. The molecule has 0 bridgehead atoms. The second-order valence-electron chi connectivity index (χ2n) is 10.1. The summed E-state index contributed by atoms with van der Waals surface area (Å²) in [5.74, 6) is -1.08. The number of hydrogen-bond acceptors (Lipinski definition) is 4. The molecule has 1 saturated heterocycles. The van der Waals surface area contributed by atoms with Crippen molar-refractivity contribution in [1.82, 2.24) is 10.2 Å². The quantitative estimate of drug-likeness (QED) is 0.708. The average molecular weight is 461 g/mol.